The number of carbonyl (C=O) groups is 1. The van der Waals surface area contributed by atoms with Crippen LogP contribution in [0.15, 0.2) is 24.3 Å². The quantitative estimate of drug-likeness (QED) is 0.818. The van der Waals surface area contributed by atoms with E-state index in [9.17, 15) is 17.6 Å². The average molecular weight is 303 g/mol. The van der Waals surface area contributed by atoms with Gasteiger partial charge >= 0.3 is 5.97 Å². The molecule has 0 aliphatic carbocycles. The van der Waals surface area contributed by atoms with Crippen LogP contribution in [-0.4, -0.2) is 38.7 Å². The molecule has 6 nitrogen and oxygen atoms in total. The number of aliphatic carboxylic acids is 1. The van der Waals surface area contributed by atoms with Crippen molar-refractivity contribution < 1.29 is 27.4 Å². The van der Waals surface area contributed by atoms with Gasteiger partial charge in [-0.1, -0.05) is 12.1 Å². The first kappa shape index (κ1) is 14.9. The third kappa shape index (κ3) is 3.75. The van der Waals surface area contributed by atoms with Crippen LogP contribution in [0.5, 0.6) is 0 Å². The summed E-state index contributed by atoms with van der Waals surface area (Å²) in [5.41, 5.74) is 0.421. The summed E-state index contributed by atoms with van der Waals surface area (Å²) < 4.78 is 44.0. The molecule has 0 radical (unpaired) electrons. The number of rotatable bonds is 5. The molecule has 1 aromatic carbocycles. The summed E-state index contributed by atoms with van der Waals surface area (Å²) in [4.78, 5) is 10.9. The maximum absolute atomic E-state index is 12.7. The second kappa shape index (κ2) is 5.86. The van der Waals surface area contributed by atoms with Gasteiger partial charge in [0, 0.05) is 0 Å². The number of hydrogen-bond acceptors (Lipinski definition) is 4. The van der Waals surface area contributed by atoms with Gasteiger partial charge < -0.3 is 9.84 Å². The monoisotopic (exact) mass is 303 g/mol. The predicted octanol–water partition coefficient (Wildman–Crippen LogP) is 0.345. The molecule has 0 bridgehead atoms. The van der Waals surface area contributed by atoms with Gasteiger partial charge in [0.1, 0.15) is 5.82 Å². The van der Waals surface area contributed by atoms with Crippen molar-refractivity contribution in [2.75, 3.05) is 13.2 Å². The van der Waals surface area contributed by atoms with E-state index in [0.29, 0.717) is 5.56 Å². The molecule has 110 valence electrons. The van der Waals surface area contributed by atoms with Crippen LogP contribution in [0.1, 0.15) is 5.56 Å². The molecule has 2 rings (SSSR count). The molecule has 2 atom stereocenters. The van der Waals surface area contributed by atoms with E-state index in [1.54, 1.807) is 0 Å². The SMILES string of the molecule is O=C(O)C1COCC1NS(=O)(=O)Cc1ccc(F)cc1. The molecule has 0 saturated carbocycles. The minimum absolute atomic E-state index is 0.0148. The van der Waals surface area contributed by atoms with Gasteiger partial charge in [-0.15, -0.1) is 0 Å². The summed E-state index contributed by atoms with van der Waals surface area (Å²) in [7, 11) is -3.71. The fourth-order valence-corrected chi connectivity index (χ4v) is 3.39. The minimum Gasteiger partial charge on any atom is -0.481 e. The molecule has 1 saturated heterocycles. The standard InChI is InChI=1S/C12H14FNO5S/c13-9-3-1-8(2-4-9)7-20(17,18)14-11-6-19-5-10(11)12(15)16/h1-4,10-11,14H,5-7H2,(H,15,16). The summed E-state index contributed by atoms with van der Waals surface area (Å²) in [5.74, 6) is -2.78. The van der Waals surface area contributed by atoms with Crippen molar-refractivity contribution in [2.45, 2.75) is 11.8 Å². The highest BCUT2D eigenvalue weighted by atomic mass is 32.2. The van der Waals surface area contributed by atoms with E-state index in [4.69, 9.17) is 9.84 Å². The second-order valence-corrected chi connectivity index (χ2v) is 6.35. The molecule has 2 N–H and O–H groups in total. The Morgan fingerprint density at radius 1 is 1.35 bits per heavy atom. The second-order valence-electron chi connectivity index (χ2n) is 4.59. The molecule has 1 aliphatic rings. The Kier molecular flexibility index (Phi) is 4.36. The third-order valence-electron chi connectivity index (χ3n) is 3.00. The first-order valence-electron chi connectivity index (χ1n) is 5.92. The number of carboxylic acid groups (broad SMARTS) is 1. The Balaban J connectivity index is 2.04. The van der Waals surface area contributed by atoms with Crippen LogP contribution < -0.4 is 4.72 Å². The summed E-state index contributed by atoms with van der Waals surface area (Å²) in [6, 6.07) is 4.30. The zero-order valence-electron chi connectivity index (χ0n) is 10.5. The number of halogens is 1. The van der Waals surface area contributed by atoms with Gasteiger partial charge in [0.15, 0.2) is 0 Å². The lowest BCUT2D eigenvalue weighted by Gasteiger charge is -2.15. The number of carboxylic acids is 1. The van der Waals surface area contributed by atoms with Crippen molar-refractivity contribution in [3.05, 3.63) is 35.6 Å². The van der Waals surface area contributed by atoms with E-state index in [1.807, 2.05) is 0 Å². The van der Waals surface area contributed by atoms with Crippen molar-refractivity contribution in [3.63, 3.8) is 0 Å². The molecule has 0 spiro atoms. The number of nitrogens with one attached hydrogen (secondary N) is 1. The van der Waals surface area contributed by atoms with Gasteiger partial charge in [-0.2, -0.15) is 0 Å². The first-order chi connectivity index (χ1) is 9.37. The van der Waals surface area contributed by atoms with Crippen molar-refractivity contribution >= 4 is 16.0 Å². The molecule has 20 heavy (non-hydrogen) atoms. The fraction of sp³-hybridized carbons (Fsp3) is 0.417. The van der Waals surface area contributed by atoms with Gasteiger partial charge in [0.25, 0.3) is 0 Å². The van der Waals surface area contributed by atoms with E-state index in [-0.39, 0.29) is 19.0 Å². The van der Waals surface area contributed by atoms with Crippen LogP contribution in [-0.2, 0) is 25.3 Å². The minimum atomic E-state index is -3.71. The molecule has 1 aromatic rings. The van der Waals surface area contributed by atoms with E-state index in [1.165, 1.54) is 24.3 Å². The van der Waals surface area contributed by atoms with E-state index >= 15 is 0 Å². The van der Waals surface area contributed by atoms with E-state index < -0.39 is 33.8 Å². The van der Waals surface area contributed by atoms with Crippen LogP contribution in [0, 0.1) is 11.7 Å². The number of benzene rings is 1. The Bertz CT molecular complexity index is 586. The smallest absolute Gasteiger partial charge is 0.310 e. The summed E-state index contributed by atoms with van der Waals surface area (Å²) >= 11 is 0. The van der Waals surface area contributed by atoms with Crippen molar-refractivity contribution in [3.8, 4) is 0 Å². The van der Waals surface area contributed by atoms with Crippen molar-refractivity contribution in [1.29, 1.82) is 0 Å². The molecule has 2 unspecified atom stereocenters. The highest BCUT2D eigenvalue weighted by molar-refractivity contribution is 7.88. The van der Waals surface area contributed by atoms with Crippen LogP contribution in [0.3, 0.4) is 0 Å². The highest BCUT2D eigenvalue weighted by Gasteiger charge is 2.36. The van der Waals surface area contributed by atoms with Crippen LogP contribution >= 0.6 is 0 Å². The average Bonchev–Trinajstić information content (AvgIpc) is 2.79. The Labute approximate surface area is 115 Å². The molecular formula is C12H14FNO5S. The van der Waals surface area contributed by atoms with Crippen molar-refractivity contribution in [2.24, 2.45) is 5.92 Å². The largest absolute Gasteiger partial charge is 0.481 e. The molecular weight excluding hydrogens is 289 g/mol. The van der Waals surface area contributed by atoms with Gasteiger partial charge in [-0.25, -0.2) is 17.5 Å². The summed E-state index contributed by atoms with van der Waals surface area (Å²) in [6.45, 7) is 0.0126. The highest BCUT2D eigenvalue weighted by Crippen LogP contribution is 2.16. The fourth-order valence-electron chi connectivity index (χ4n) is 1.99. The number of ether oxygens (including phenoxy) is 1. The Hall–Kier alpha value is -1.51. The zero-order valence-corrected chi connectivity index (χ0v) is 11.3. The number of hydrogen-bond donors (Lipinski definition) is 2. The topological polar surface area (TPSA) is 92.7 Å². The van der Waals surface area contributed by atoms with Gasteiger partial charge in [-0.05, 0) is 17.7 Å². The zero-order chi connectivity index (χ0) is 14.8. The number of sulfonamides is 1. The van der Waals surface area contributed by atoms with Gasteiger partial charge in [-0.3, -0.25) is 4.79 Å². The maximum atomic E-state index is 12.7. The molecule has 8 heteroatoms. The first-order valence-corrected chi connectivity index (χ1v) is 7.57. The lowest BCUT2D eigenvalue weighted by molar-refractivity contribution is -0.142. The lowest BCUT2D eigenvalue weighted by Crippen LogP contribution is -2.43. The third-order valence-corrected chi connectivity index (χ3v) is 4.37. The summed E-state index contributed by atoms with van der Waals surface area (Å²) in [6.07, 6.45) is 0. The predicted molar refractivity (Wildman–Crippen MR) is 67.9 cm³/mol. The van der Waals surface area contributed by atoms with Crippen molar-refractivity contribution in [1.82, 2.24) is 4.72 Å². The molecule has 0 amide bonds. The normalized spacial score (nSPS) is 22.9. The molecule has 1 heterocycles. The van der Waals surface area contributed by atoms with Gasteiger partial charge in [0.05, 0.1) is 30.9 Å². The molecule has 0 aromatic heterocycles. The maximum Gasteiger partial charge on any atom is 0.310 e. The van der Waals surface area contributed by atoms with E-state index in [2.05, 4.69) is 4.72 Å². The lowest BCUT2D eigenvalue weighted by atomic mass is 10.1. The van der Waals surface area contributed by atoms with E-state index in [0.717, 1.165) is 0 Å². The summed E-state index contributed by atoms with van der Waals surface area (Å²) in [5, 5.41) is 8.94. The Morgan fingerprint density at radius 2 is 2.00 bits per heavy atom. The van der Waals surface area contributed by atoms with Crippen LogP contribution in [0.4, 0.5) is 4.39 Å². The van der Waals surface area contributed by atoms with Crippen LogP contribution in [0.2, 0.25) is 0 Å². The Morgan fingerprint density at radius 3 is 2.60 bits per heavy atom. The van der Waals surface area contributed by atoms with Gasteiger partial charge in [0.2, 0.25) is 10.0 Å². The molecule has 1 aliphatic heterocycles. The molecule has 1 fully saturated rings. The van der Waals surface area contributed by atoms with Crippen LogP contribution in [0.25, 0.3) is 0 Å².